The molecule has 12 nitrogen and oxygen atoms in total. The summed E-state index contributed by atoms with van der Waals surface area (Å²) in [5.74, 6) is -0.542. The fourth-order valence-corrected chi connectivity index (χ4v) is 4.98. The van der Waals surface area contributed by atoms with E-state index < -0.39 is 32.7 Å². The lowest BCUT2D eigenvalue weighted by atomic mass is 9.85. The number of rotatable bonds is 10. The van der Waals surface area contributed by atoms with Gasteiger partial charge in [0.1, 0.15) is 5.75 Å². The summed E-state index contributed by atoms with van der Waals surface area (Å²) in [6, 6.07) is 29.1. The number of nitrogens with zero attached hydrogens (tertiary/aromatic N) is 4. The Labute approximate surface area is 257 Å². The number of hydrogen-bond acceptors (Lipinski definition) is 8. The van der Waals surface area contributed by atoms with E-state index in [1.807, 2.05) is 24.5 Å². The first-order valence-corrected chi connectivity index (χ1v) is 13.7. The molecule has 5 aromatic rings. The molecule has 2 N–H and O–H groups in total. The van der Waals surface area contributed by atoms with E-state index in [2.05, 4.69) is 10.5 Å². The average molecular weight is 606 g/mol. The normalized spacial score (nSPS) is 11.4. The van der Waals surface area contributed by atoms with Crippen LogP contribution in [0.15, 0.2) is 114 Å². The number of benzene rings is 4. The Hall–Kier alpha value is -6.14. The van der Waals surface area contributed by atoms with Gasteiger partial charge in [0.25, 0.3) is 11.6 Å². The van der Waals surface area contributed by atoms with Gasteiger partial charge in [0.15, 0.2) is 5.60 Å². The molecule has 0 saturated carbocycles. The molecule has 0 aliphatic rings. The van der Waals surface area contributed by atoms with Gasteiger partial charge in [0, 0.05) is 28.7 Å². The van der Waals surface area contributed by atoms with E-state index in [1.54, 1.807) is 84.9 Å². The van der Waals surface area contributed by atoms with Crippen molar-refractivity contribution in [2.45, 2.75) is 19.4 Å². The number of hydrogen-bond donors (Lipinski definition) is 2. The highest BCUT2D eigenvalue weighted by Crippen LogP contribution is 2.35. The van der Waals surface area contributed by atoms with Crippen molar-refractivity contribution in [1.82, 2.24) is 9.99 Å². The minimum Gasteiger partial charge on any atom is -0.450 e. The van der Waals surface area contributed by atoms with E-state index in [0.717, 1.165) is 34.8 Å². The van der Waals surface area contributed by atoms with Crippen LogP contribution in [0.25, 0.3) is 5.69 Å². The third-order valence-corrected chi connectivity index (χ3v) is 7.22. The van der Waals surface area contributed by atoms with Crippen molar-refractivity contribution in [3.05, 3.63) is 158 Å². The molecule has 0 fully saturated rings. The highest BCUT2D eigenvalue weighted by molar-refractivity contribution is 5.91. The second-order valence-corrected chi connectivity index (χ2v) is 10.1. The molecule has 0 radical (unpaired) electrons. The molecule has 12 heteroatoms. The van der Waals surface area contributed by atoms with Crippen LogP contribution in [-0.2, 0) is 10.4 Å². The fourth-order valence-electron chi connectivity index (χ4n) is 4.98. The lowest BCUT2D eigenvalue weighted by Crippen LogP contribution is -2.43. The summed E-state index contributed by atoms with van der Waals surface area (Å²) in [6.07, 6.45) is 1.50. The molecule has 0 aliphatic carbocycles. The SMILES string of the molecule is Cc1cc(/C=N/NC(=O)C(O)(c2ccccc2)c2ccccc2)c(C)n1-c1ccc(Oc2ccc([N+](=O)[O-])cc2[N+](=O)[O-])cc1. The number of carbonyl (C=O) groups is 1. The Morgan fingerprint density at radius 3 is 2.02 bits per heavy atom. The largest absolute Gasteiger partial charge is 0.450 e. The second kappa shape index (κ2) is 12.6. The number of nitro benzene ring substituents is 2. The minimum atomic E-state index is -1.96. The number of nitro groups is 2. The van der Waals surface area contributed by atoms with Crippen molar-refractivity contribution in [2.75, 3.05) is 0 Å². The maximum Gasteiger partial charge on any atom is 0.318 e. The van der Waals surface area contributed by atoms with Gasteiger partial charge in [0.2, 0.25) is 5.75 Å². The fraction of sp³-hybridized carbons (Fsp3) is 0.0909. The molecule has 4 aromatic carbocycles. The average Bonchev–Trinajstić information content (AvgIpc) is 3.33. The number of nitrogens with one attached hydrogen (secondary N) is 1. The molecular formula is C33H27N5O7. The maximum atomic E-state index is 13.3. The molecule has 1 aromatic heterocycles. The number of aromatic nitrogens is 1. The molecule has 1 heterocycles. The van der Waals surface area contributed by atoms with Crippen molar-refractivity contribution >= 4 is 23.5 Å². The highest BCUT2D eigenvalue weighted by atomic mass is 16.6. The van der Waals surface area contributed by atoms with E-state index in [4.69, 9.17) is 4.74 Å². The topological polar surface area (TPSA) is 162 Å². The molecule has 45 heavy (non-hydrogen) atoms. The molecular weight excluding hydrogens is 578 g/mol. The van der Waals surface area contributed by atoms with Crippen LogP contribution in [0.2, 0.25) is 0 Å². The predicted molar refractivity (Wildman–Crippen MR) is 167 cm³/mol. The van der Waals surface area contributed by atoms with Crippen LogP contribution in [0.3, 0.4) is 0 Å². The van der Waals surface area contributed by atoms with Crippen molar-refractivity contribution in [2.24, 2.45) is 5.10 Å². The summed E-state index contributed by atoms with van der Waals surface area (Å²) >= 11 is 0. The number of aryl methyl sites for hydroxylation is 1. The number of aliphatic hydroxyl groups is 1. The molecule has 226 valence electrons. The quantitative estimate of drug-likeness (QED) is 0.111. The number of ether oxygens (including phenoxy) is 1. The van der Waals surface area contributed by atoms with Gasteiger partial charge in [-0.05, 0) is 61.4 Å². The Balaban J connectivity index is 1.34. The van der Waals surface area contributed by atoms with Gasteiger partial charge in [-0.3, -0.25) is 25.0 Å². The zero-order chi connectivity index (χ0) is 32.1. The van der Waals surface area contributed by atoms with Crippen molar-refractivity contribution in [1.29, 1.82) is 0 Å². The van der Waals surface area contributed by atoms with Gasteiger partial charge in [-0.15, -0.1) is 0 Å². The van der Waals surface area contributed by atoms with Crippen molar-refractivity contribution in [3.8, 4) is 17.2 Å². The van der Waals surface area contributed by atoms with Crippen molar-refractivity contribution < 1.29 is 24.5 Å². The molecule has 0 spiro atoms. The lowest BCUT2D eigenvalue weighted by molar-refractivity contribution is -0.394. The molecule has 0 aliphatic heterocycles. The van der Waals surface area contributed by atoms with Crippen LogP contribution in [0, 0.1) is 34.1 Å². The van der Waals surface area contributed by atoms with Gasteiger partial charge in [-0.2, -0.15) is 5.10 Å². The summed E-state index contributed by atoms with van der Waals surface area (Å²) in [5.41, 5.74) is 3.55. The van der Waals surface area contributed by atoms with Crippen LogP contribution in [-0.4, -0.2) is 31.6 Å². The Bertz CT molecular complexity index is 1860. The van der Waals surface area contributed by atoms with Crippen LogP contribution >= 0.6 is 0 Å². The zero-order valence-corrected chi connectivity index (χ0v) is 24.2. The van der Waals surface area contributed by atoms with Gasteiger partial charge < -0.3 is 14.4 Å². The summed E-state index contributed by atoms with van der Waals surface area (Å²) in [5, 5.41) is 38.2. The number of non-ortho nitro benzene ring substituents is 1. The lowest BCUT2D eigenvalue weighted by Gasteiger charge is -2.27. The number of carbonyl (C=O) groups excluding carboxylic acids is 1. The maximum absolute atomic E-state index is 13.3. The van der Waals surface area contributed by atoms with Crippen LogP contribution in [0.4, 0.5) is 11.4 Å². The highest BCUT2D eigenvalue weighted by Gasteiger charge is 2.39. The second-order valence-electron chi connectivity index (χ2n) is 10.1. The first-order chi connectivity index (χ1) is 21.6. The third kappa shape index (κ3) is 6.17. The summed E-state index contributed by atoms with van der Waals surface area (Å²) in [7, 11) is 0. The van der Waals surface area contributed by atoms with E-state index in [-0.39, 0.29) is 5.75 Å². The Morgan fingerprint density at radius 2 is 1.47 bits per heavy atom. The van der Waals surface area contributed by atoms with E-state index in [0.29, 0.717) is 16.9 Å². The molecule has 0 saturated heterocycles. The van der Waals surface area contributed by atoms with Gasteiger partial charge in [-0.25, -0.2) is 5.43 Å². The molecule has 1 amide bonds. The molecule has 5 rings (SSSR count). The molecule has 0 bridgehead atoms. The zero-order valence-electron chi connectivity index (χ0n) is 24.2. The standard InChI is InChI=1S/C33H27N5O7/c1-22-19-24(21-34-35-32(39)33(40,25-9-5-3-6-10-25)26-11-7-4-8-12-26)23(2)36(22)27-13-16-29(17-14-27)45-31-18-15-28(37(41)42)20-30(31)38(43)44/h3-21,40H,1-2H3,(H,35,39)/b34-21+. The number of amides is 1. The van der Waals surface area contributed by atoms with Crippen LogP contribution < -0.4 is 10.2 Å². The van der Waals surface area contributed by atoms with E-state index in [9.17, 15) is 30.1 Å². The van der Waals surface area contributed by atoms with Gasteiger partial charge in [-0.1, -0.05) is 60.7 Å². The Morgan fingerprint density at radius 1 is 0.867 bits per heavy atom. The smallest absolute Gasteiger partial charge is 0.318 e. The Kier molecular flexibility index (Phi) is 8.50. The van der Waals surface area contributed by atoms with E-state index in [1.165, 1.54) is 12.3 Å². The third-order valence-electron chi connectivity index (χ3n) is 7.22. The van der Waals surface area contributed by atoms with Gasteiger partial charge >= 0.3 is 5.69 Å². The molecule has 0 atom stereocenters. The first-order valence-electron chi connectivity index (χ1n) is 13.7. The summed E-state index contributed by atoms with van der Waals surface area (Å²) in [4.78, 5) is 34.4. The monoisotopic (exact) mass is 605 g/mol. The van der Waals surface area contributed by atoms with E-state index >= 15 is 0 Å². The predicted octanol–water partition coefficient (Wildman–Crippen LogP) is 6.09. The minimum absolute atomic E-state index is 0.126. The van der Waals surface area contributed by atoms with Crippen LogP contribution in [0.5, 0.6) is 11.5 Å². The van der Waals surface area contributed by atoms with Gasteiger partial charge in [0.05, 0.1) is 22.1 Å². The summed E-state index contributed by atoms with van der Waals surface area (Å²) in [6.45, 7) is 3.78. The van der Waals surface area contributed by atoms with Crippen LogP contribution in [0.1, 0.15) is 28.1 Å². The number of hydrazone groups is 1. The van der Waals surface area contributed by atoms with Crippen molar-refractivity contribution in [3.63, 3.8) is 0 Å². The first kappa shape index (κ1) is 30.3. The summed E-state index contributed by atoms with van der Waals surface area (Å²) < 4.78 is 7.62. The molecule has 0 unspecified atom stereocenters.